The van der Waals surface area contributed by atoms with Crippen molar-refractivity contribution in [1.82, 2.24) is 0 Å². The lowest BCUT2D eigenvalue weighted by Crippen LogP contribution is -3.00. The molecule has 1 aliphatic heterocycles. The molecular formula is C64H105ClN2O24. The predicted molar refractivity (Wildman–Crippen MR) is 333 cm³/mol. The summed E-state index contributed by atoms with van der Waals surface area (Å²) in [6.45, 7) is 20.7. The minimum atomic E-state index is 0. The standard InChI is InChI=1S/C64H104N2O24.ClH/c67-13-17-71-21-25-75-29-33-79-37-41-83-45-49-87-53-51-85-47-43-81-39-35-77-31-27-73-23-19-69-15-11-65-60-6-1-57(2-7-60)64(59-5-10-62-63(55-59)90-56-89-62)58-3-8-61(9-4-58)66-12-16-70-20-24-74-28-32-78-36-40-82-44-48-86-52-54-88-50-46-84-42-38-80-34-30-76-26-22-72-18-14-68;/h1-10,55,65,67-68H,11-54,56H2;1H. The number of nitrogens with one attached hydrogen (secondary N) is 2. The zero-order valence-electron chi connectivity index (χ0n) is 53.4. The summed E-state index contributed by atoms with van der Waals surface area (Å²) in [5, 5.41) is 20.7. The van der Waals surface area contributed by atoms with E-state index in [1.54, 1.807) is 0 Å². The van der Waals surface area contributed by atoms with Crippen molar-refractivity contribution >= 4 is 17.0 Å². The molecule has 2 aromatic carbocycles. The van der Waals surface area contributed by atoms with Crippen LogP contribution in [0.25, 0.3) is 5.57 Å². The van der Waals surface area contributed by atoms with Crippen LogP contribution in [0.4, 0.5) is 5.69 Å². The number of aliphatic hydroxyl groups excluding tert-OH is 2. The van der Waals surface area contributed by atoms with Crippen LogP contribution in [0.15, 0.2) is 72.3 Å². The average molecular weight is 1320 g/mol. The van der Waals surface area contributed by atoms with Crippen LogP contribution in [0, 0.1) is 0 Å². The molecular weight excluding hydrogens is 1220 g/mol. The first-order valence-corrected chi connectivity index (χ1v) is 31.5. The van der Waals surface area contributed by atoms with Crippen LogP contribution in [0.3, 0.4) is 0 Å². The Morgan fingerprint density at radius 1 is 0.330 bits per heavy atom. The van der Waals surface area contributed by atoms with Gasteiger partial charge in [-0.3, -0.25) is 0 Å². The number of rotatable bonds is 67. The lowest BCUT2D eigenvalue weighted by Gasteiger charge is -2.15. The fourth-order valence-corrected chi connectivity index (χ4v) is 7.89. The number of anilines is 1. The molecule has 0 atom stereocenters. The van der Waals surface area contributed by atoms with E-state index >= 15 is 0 Å². The van der Waals surface area contributed by atoms with E-state index in [1.165, 1.54) is 0 Å². The maximum atomic E-state index is 8.64. The van der Waals surface area contributed by atoms with Crippen molar-refractivity contribution < 1.29 is 132 Å². The SMILES string of the molecule is OCCOCCOCCOCCOCCOCCOCCOCCOCCOCCOCCNc1ccc(C(=C2C=CC(=[NH+]CCOCCOCCOCCOCCOCCOCCOCCOCCOCCOCCO)C=C2)c2ccc3c(c2)OCO3)cc1.[Cl-]. The van der Waals surface area contributed by atoms with Gasteiger partial charge in [-0.1, -0.05) is 18.2 Å². The van der Waals surface area contributed by atoms with Crippen LogP contribution in [-0.2, 0) is 94.7 Å². The number of benzene rings is 2. The zero-order chi connectivity index (χ0) is 63.2. The van der Waals surface area contributed by atoms with E-state index in [1.807, 2.05) is 12.1 Å². The second-order valence-electron chi connectivity index (χ2n) is 19.1. The predicted octanol–water partition coefficient (Wildman–Crippen LogP) is -1.40. The normalized spacial score (nSPS) is 12.6. The molecule has 91 heavy (non-hydrogen) atoms. The van der Waals surface area contributed by atoms with Crippen LogP contribution in [-0.4, -0.2) is 313 Å². The molecule has 26 nitrogen and oxygen atoms in total. The minimum Gasteiger partial charge on any atom is -1.00 e. The second-order valence-corrected chi connectivity index (χ2v) is 19.1. The molecule has 0 saturated carbocycles. The van der Waals surface area contributed by atoms with Crippen molar-refractivity contribution in [3.8, 4) is 11.5 Å². The summed E-state index contributed by atoms with van der Waals surface area (Å²) >= 11 is 0. The molecule has 1 heterocycles. The Kier molecular flexibility index (Phi) is 55.7. The largest absolute Gasteiger partial charge is 1.00 e. The summed E-state index contributed by atoms with van der Waals surface area (Å²) < 4.78 is 121. The maximum absolute atomic E-state index is 8.64. The third-order valence-electron chi connectivity index (χ3n) is 12.3. The minimum absolute atomic E-state index is 0. The lowest BCUT2D eigenvalue weighted by molar-refractivity contribution is -0.459. The van der Waals surface area contributed by atoms with Gasteiger partial charge < -0.3 is 132 Å². The highest BCUT2D eigenvalue weighted by molar-refractivity contribution is 6.03. The van der Waals surface area contributed by atoms with Gasteiger partial charge in [0.1, 0.15) is 6.61 Å². The van der Waals surface area contributed by atoms with Gasteiger partial charge in [0, 0.05) is 24.4 Å². The number of halogens is 1. The van der Waals surface area contributed by atoms with Crippen molar-refractivity contribution in [2.24, 2.45) is 0 Å². The first kappa shape index (κ1) is 81.4. The summed E-state index contributed by atoms with van der Waals surface area (Å²) in [7, 11) is 0. The third kappa shape index (κ3) is 46.0. The summed E-state index contributed by atoms with van der Waals surface area (Å²) in [6.07, 6.45) is 8.40. The van der Waals surface area contributed by atoms with E-state index in [-0.39, 0.29) is 32.4 Å². The second kappa shape index (κ2) is 62.3. The third-order valence-corrected chi connectivity index (χ3v) is 12.3. The van der Waals surface area contributed by atoms with Gasteiger partial charge in [-0.25, -0.2) is 4.99 Å². The van der Waals surface area contributed by atoms with E-state index in [0.29, 0.717) is 277 Å². The number of hydrogen-bond donors (Lipinski definition) is 4. The monoisotopic (exact) mass is 1320 g/mol. The first-order chi connectivity index (χ1) is 44.8. The highest BCUT2D eigenvalue weighted by Gasteiger charge is 2.18. The molecule has 0 saturated heterocycles. The van der Waals surface area contributed by atoms with Crippen LogP contribution in [0.1, 0.15) is 11.1 Å². The Bertz CT molecular complexity index is 2060. The van der Waals surface area contributed by atoms with Gasteiger partial charge in [0.25, 0.3) is 0 Å². The number of allylic oxidation sites excluding steroid dienone is 5. The highest BCUT2D eigenvalue weighted by Crippen LogP contribution is 2.38. The van der Waals surface area contributed by atoms with Gasteiger partial charge in [0.15, 0.2) is 23.8 Å². The van der Waals surface area contributed by atoms with E-state index in [2.05, 4.69) is 64.9 Å². The van der Waals surface area contributed by atoms with E-state index in [9.17, 15) is 0 Å². The molecule has 0 radical (unpaired) electrons. The molecule has 0 spiro atoms. The van der Waals surface area contributed by atoms with Crippen molar-refractivity contribution in [3.05, 3.63) is 83.5 Å². The summed E-state index contributed by atoms with van der Waals surface area (Å²) in [6, 6.07) is 14.5. The molecule has 2 aliphatic rings. The Morgan fingerprint density at radius 2 is 0.615 bits per heavy atom. The first-order valence-electron chi connectivity index (χ1n) is 31.5. The number of hydrogen-bond acceptors (Lipinski definition) is 25. The van der Waals surface area contributed by atoms with Crippen LogP contribution >= 0.6 is 0 Å². The molecule has 4 N–H and O–H groups in total. The van der Waals surface area contributed by atoms with Gasteiger partial charge in [0.05, 0.1) is 271 Å². The molecule has 0 fully saturated rings. The van der Waals surface area contributed by atoms with Crippen LogP contribution < -0.4 is 32.2 Å². The smallest absolute Gasteiger partial charge is 0.231 e. The fourth-order valence-electron chi connectivity index (χ4n) is 7.89. The lowest BCUT2D eigenvalue weighted by atomic mass is 9.90. The molecule has 0 bridgehead atoms. The molecule has 0 unspecified atom stereocenters. The fraction of sp³-hybridized carbons (Fsp3) is 0.703. The summed E-state index contributed by atoms with van der Waals surface area (Å²) in [5.41, 5.74) is 6.20. The molecule has 1 aliphatic carbocycles. The molecule has 27 heteroatoms. The summed E-state index contributed by atoms with van der Waals surface area (Å²) in [5.74, 6) is 1.46. The van der Waals surface area contributed by atoms with Gasteiger partial charge in [0.2, 0.25) is 6.79 Å². The van der Waals surface area contributed by atoms with E-state index < -0.39 is 0 Å². The number of aliphatic hydroxyl groups is 2. The highest BCUT2D eigenvalue weighted by atomic mass is 35.5. The quantitative estimate of drug-likeness (QED) is 0.0555. The van der Waals surface area contributed by atoms with Crippen molar-refractivity contribution in [3.63, 3.8) is 0 Å². The van der Waals surface area contributed by atoms with Gasteiger partial charge in [-0.15, -0.1) is 0 Å². The Morgan fingerprint density at radius 3 is 0.945 bits per heavy atom. The number of fused-ring (bicyclic) bond motifs is 1. The Hall–Kier alpha value is -3.86. The molecule has 4 rings (SSSR count). The molecule has 522 valence electrons. The van der Waals surface area contributed by atoms with Gasteiger partial charge in [-0.2, -0.15) is 0 Å². The zero-order valence-corrected chi connectivity index (χ0v) is 54.2. The van der Waals surface area contributed by atoms with E-state index in [4.69, 9.17) is 114 Å². The van der Waals surface area contributed by atoms with Crippen molar-refractivity contribution in [2.75, 3.05) is 303 Å². The number of ether oxygens (including phenoxy) is 22. The molecule has 0 amide bonds. The van der Waals surface area contributed by atoms with Crippen molar-refractivity contribution in [1.29, 1.82) is 0 Å². The Labute approximate surface area is 544 Å². The van der Waals surface area contributed by atoms with Crippen LogP contribution in [0.5, 0.6) is 11.5 Å². The molecule has 2 aromatic rings. The van der Waals surface area contributed by atoms with Crippen molar-refractivity contribution in [2.45, 2.75) is 0 Å². The average Bonchev–Trinajstić information content (AvgIpc) is 2.15. The van der Waals surface area contributed by atoms with Crippen LogP contribution in [0.2, 0.25) is 0 Å². The topological polar surface area (TPSA) is 270 Å². The van der Waals surface area contributed by atoms with Gasteiger partial charge >= 0.3 is 0 Å². The molecule has 0 aromatic heterocycles. The summed E-state index contributed by atoms with van der Waals surface area (Å²) in [4.78, 5) is 3.45. The Balaban J connectivity index is 0.0000216. The maximum Gasteiger partial charge on any atom is 0.231 e. The van der Waals surface area contributed by atoms with Gasteiger partial charge in [-0.05, 0) is 58.7 Å². The van der Waals surface area contributed by atoms with E-state index in [0.717, 1.165) is 45.2 Å².